The number of nitrogens with two attached hydrogens (primary N) is 1. The van der Waals surface area contributed by atoms with E-state index in [2.05, 4.69) is 9.98 Å². The highest BCUT2D eigenvalue weighted by atomic mass is 127. The van der Waals surface area contributed by atoms with Crippen LogP contribution < -0.4 is 5.73 Å². The molecule has 0 unspecified atom stereocenters. The van der Waals surface area contributed by atoms with Crippen molar-refractivity contribution in [1.82, 2.24) is 14.5 Å². The quantitative estimate of drug-likeness (QED) is 0.493. The number of nitrogens with zero attached hydrogens (tertiary/aromatic N) is 4. The third-order valence-corrected chi connectivity index (χ3v) is 1.99. The first kappa shape index (κ1) is 17.0. The van der Waals surface area contributed by atoms with Crippen LogP contribution in [0.3, 0.4) is 0 Å². The highest BCUT2D eigenvalue weighted by Gasteiger charge is 2.28. The molecule has 1 rings (SSSR count). The van der Waals surface area contributed by atoms with Gasteiger partial charge in [-0.1, -0.05) is 0 Å². The molecule has 0 spiro atoms. The predicted molar refractivity (Wildman–Crippen MR) is 72.7 cm³/mol. The number of guanidine groups is 1. The van der Waals surface area contributed by atoms with E-state index in [4.69, 9.17) is 5.73 Å². The first-order valence-corrected chi connectivity index (χ1v) is 4.83. The van der Waals surface area contributed by atoms with E-state index in [1.807, 2.05) is 0 Å². The van der Waals surface area contributed by atoms with Gasteiger partial charge in [-0.3, -0.25) is 0 Å². The van der Waals surface area contributed by atoms with Gasteiger partial charge in [0.05, 0.1) is 0 Å². The number of aromatic nitrogens is 2. The molecule has 0 aliphatic heterocycles. The Morgan fingerprint density at radius 1 is 1.50 bits per heavy atom. The van der Waals surface area contributed by atoms with Gasteiger partial charge >= 0.3 is 6.18 Å². The minimum atomic E-state index is -4.27. The van der Waals surface area contributed by atoms with E-state index in [0.717, 1.165) is 4.57 Å². The number of alkyl halides is 3. The van der Waals surface area contributed by atoms with Crippen molar-refractivity contribution in [2.45, 2.75) is 19.3 Å². The smallest absolute Gasteiger partial charge is 0.370 e. The Labute approximate surface area is 120 Å². The Kier molecular flexibility index (Phi) is 6.43. The van der Waals surface area contributed by atoms with Crippen LogP contribution in [0.25, 0.3) is 0 Å². The van der Waals surface area contributed by atoms with Crippen LogP contribution in [-0.2, 0) is 13.1 Å². The molecule has 0 aliphatic carbocycles. The fourth-order valence-electron chi connectivity index (χ4n) is 1.12. The maximum absolute atomic E-state index is 12.2. The Balaban J connectivity index is 0.00000289. The highest BCUT2D eigenvalue weighted by molar-refractivity contribution is 14.0. The SMILES string of the molecule is CN(C)C(N)=NCc1nccn1CC(F)(F)F.I. The molecule has 0 aliphatic rings. The first-order chi connectivity index (χ1) is 7.79. The maximum Gasteiger partial charge on any atom is 0.406 e. The largest absolute Gasteiger partial charge is 0.406 e. The predicted octanol–water partition coefficient (Wildman–Crippen LogP) is 1.44. The van der Waals surface area contributed by atoms with Gasteiger partial charge in [-0.05, 0) is 0 Å². The van der Waals surface area contributed by atoms with Crippen LogP contribution >= 0.6 is 24.0 Å². The van der Waals surface area contributed by atoms with Gasteiger partial charge in [0.25, 0.3) is 0 Å². The number of rotatable bonds is 3. The van der Waals surface area contributed by atoms with Gasteiger partial charge in [0.15, 0.2) is 5.96 Å². The van der Waals surface area contributed by atoms with Crippen molar-refractivity contribution in [3.05, 3.63) is 18.2 Å². The molecule has 0 saturated carbocycles. The lowest BCUT2D eigenvalue weighted by Crippen LogP contribution is -2.30. The van der Waals surface area contributed by atoms with Crippen LogP contribution in [0.1, 0.15) is 5.82 Å². The van der Waals surface area contributed by atoms with Gasteiger partial charge in [-0.15, -0.1) is 24.0 Å². The fourth-order valence-corrected chi connectivity index (χ4v) is 1.12. The van der Waals surface area contributed by atoms with Crippen LogP contribution in [-0.4, -0.2) is 40.7 Å². The maximum atomic E-state index is 12.2. The Bertz CT molecular complexity index is 399. The highest BCUT2D eigenvalue weighted by Crippen LogP contribution is 2.18. The van der Waals surface area contributed by atoms with Gasteiger partial charge in [0, 0.05) is 26.5 Å². The lowest BCUT2D eigenvalue weighted by Gasteiger charge is -2.12. The zero-order valence-electron chi connectivity index (χ0n) is 9.98. The summed E-state index contributed by atoms with van der Waals surface area (Å²) in [5, 5.41) is 0. The van der Waals surface area contributed by atoms with Crippen molar-refractivity contribution in [2.24, 2.45) is 10.7 Å². The average molecular weight is 377 g/mol. The van der Waals surface area contributed by atoms with Crippen LogP contribution in [0.5, 0.6) is 0 Å². The molecule has 9 heteroatoms. The third kappa shape index (κ3) is 5.56. The molecule has 0 bridgehead atoms. The summed E-state index contributed by atoms with van der Waals surface area (Å²) in [7, 11) is 3.39. The summed E-state index contributed by atoms with van der Waals surface area (Å²) in [6, 6.07) is 0. The minimum Gasteiger partial charge on any atom is -0.370 e. The summed E-state index contributed by atoms with van der Waals surface area (Å²) in [4.78, 5) is 9.31. The summed E-state index contributed by atoms with van der Waals surface area (Å²) in [6.45, 7) is -1.05. The first-order valence-electron chi connectivity index (χ1n) is 4.83. The topological polar surface area (TPSA) is 59.4 Å². The van der Waals surface area contributed by atoms with E-state index in [0.29, 0.717) is 0 Å². The Morgan fingerprint density at radius 2 is 2.11 bits per heavy atom. The second kappa shape index (κ2) is 6.81. The van der Waals surface area contributed by atoms with E-state index in [1.165, 1.54) is 12.4 Å². The molecule has 18 heavy (non-hydrogen) atoms. The van der Waals surface area contributed by atoms with Gasteiger partial charge in [-0.2, -0.15) is 13.2 Å². The van der Waals surface area contributed by atoms with Gasteiger partial charge in [0.2, 0.25) is 0 Å². The number of aliphatic imine (C=N–C) groups is 1. The van der Waals surface area contributed by atoms with Crippen LogP contribution in [0.15, 0.2) is 17.4 Å². The van der Waals surface area contributed by atoms with Gasteiger partial charge in [-0.25, -0.2) is 9.98 Å². The second-order valence-electron chi connectivity index (χ2n) is 3.66. The van der Waals surface area contributed by atoms with E-state index in [9.17, 15) is 13.2 Å². The zero-order valence-corrected chi connectivity index (χ0v) is 12.3. The van der Waals surface area contributed by atoms with E-state index in [1.54, 1.807) is 19.0 Å². The lowest BCUT2D eigenvalue weighted by atomic mass is 10.5. The van der Waals surface area contributed by atoms with Crippen molar-refractivity contribution < 1.29 is 13.2 Å². The summed E-state index contributed by atoms with van der Waals surface area (Å²) < 4.78 is 37.6. The number of hydrogen-bond acceptors (Lipinski definition) is 2. The van der Waals surface area contributed by atoms with Crippen molar-refractivity contribution in [3.8, 4) is 0 Å². The van der Waals surface area contributed by atoms with Crippen molar-refractivity contribution >= 4 is 29.9 Å². The number of halogens is 4. The summed E-state index contributed by atoms with van der Waals surface area (Å²) >= 11 is 0. The normalized spacial score (nSPS) is 12.2. The molecule has 5 nitrogen and oxygen atoms in total. The molecule has 0 amide bonds. The van der Waals surface area contributed by atoms with Crippen LogP contribution in [0.4, 0.5) is 13.2 Å². The summed E-state index contributed by atoms with van der Waals surface area (Å²) in [5.41, 5.74) is 5.53. The van der Waals surface area contributed by atoms with E-state index < -0.39 is 12.7 Å². The third-order valence-electron chi connectivity index (χ3n) is 1.99. The Hall–Kier alpha value is -1.00. The summed E-state index contributed by atoms with van der Waals surface area (Å²) in [6.07, 6.45) is -1.70. The van der Waals surface area contributed by atoms with Gasteiger partial charge in [0.1, 0.15) is 18.9 Å². The van der Waals surface area contributed by atoms with Crippen molar-refractivity contribution in [3.63, 3.8) is 0 Å². The van der Waals surface area contributed by atoms with Crippen LogP contribution in [0.2, 0.25) is 0 Å². The van der Waals surface area contributed by atoms with Crippen LogP contribution in [0, 0.1) is 0 Å². The Morgan fingerprint density at radius 3 is 2.61 bits per heavy atom. The second-order valence-corrected chi connectivity index (χ2v) is 3.66. The molecule has 1 aromatic heterocycles. The summed E-state index contributed by atoms with van der Waals surface area (Å²) in [5.74, 6) is 0.471. The lowest BCUT2D eigenvalue weighted by molar-refractivity contribution is -0.141. The molecule has 0 fully saturated rings. The molecule has 2 N–H and O–H groups in total. The number of imidazole rings is 1. The molecule has 0 aromatic carbocycles. The monoisotopic (exact) mass is 377 g/mol. The average Bonchev–Trinajstić information content (AvgIpc) is 2.58. The molecule has 1 aromatic rings. The molecule has 1 heterocycles. The molecular formula is C9H15F3IN5. The molecule has 0 radical (unpaired) electrons. The van der Waals surface area contributed by atoms with Crippen molar-refractivity contribution in [2.75, 3.05) is 14.1 Å². The molecular weight excluding hydrogens is 362 g/mol. The number of hydrogen-bond donors (Lipinski definition) is 1. The fraction of sp³-hybridized carbons (Fsp3) is 0.556. The van der Waals surface area contributed by atoms with E-state index >= 15 is 0 Å². The van der Waals surface area contributed by atoms with Gasteiger partial charge < -0.3 is 15.2 Å². The zero-order chi connectivity index (χ0) is 13.1. The standard InChI is InChI=1S/C9H14F3N5.HI/c1-16(2)8(13)15-5-7-14-3-4-17(7)6-9(10,11)12;/h3-4H,5-6H2,1-2H3,(H2,13,15);1H. The van der Waals surface area contributed by atoms with Crippen molar-refractivity contribution in [1.29, 1.82) is 0 Å². The molecule has 0 atom stereocenters. The molecule has 104 valence electrons. The minimum absolute atomic E-state index is 0. The van der Waals surface area contributed by atoms with E-state index in [-0.39, 0.29) is 42.3 Å². The molecule has 0 saturated heterocycles.